The molecule has 188 valence electrons. The normalized spacial score (nSPS) is 15.5. The fourth-order valence-electron chi connectivity index (χ4n) is 4.55. The van der Waals surface area contributed by atoms with E-state index >= 15 is 0 Å². The van der Waals surface area contributed by atoms with Crippen molar-refractivity contribution in [2.45, 2.75) is 13.0 Å². The largest absolute Gasteiger partial charge is 0.503 e. The van der Waals surface area contributed by atoms with Crippen LogP contribution in [0.1, 0.15) is 27.7 Å². The van der Waals surface area contributed by atoms with Gasteiger partial charge in [-0.05, 0) is 42.8 Å². The van der Waals surface area contributed by atoms with Crippen molar-refractivity contribution in [3.63, 3.8) is 0 Å². The quantitative estimate of drug-likeness (QED) is 0.270. The Morgan fingerprint density at radius 1 is 1.00 bits per heavy atom. The summed E-state index contributed by atoms with van der Waals surface area (Å²) in [5.41, 5.74) is 2.13. The molecule has 7 nitrogen and oxygen atoms in total. The number of furan rings is 1. The lowest BCUT2D eigenvalue weighted by molar-refractivity contribution is -0.117. The number of carbonyl (C=O) groups is 2. The summed E-state index contributed by atoms with van der Waals surface area (Å²) in [7, 11) is 2.95. The number of halogens is 2. The molecule has 1 amide bonds. The highest BCUT2D eigenvalue weighted by Gasteiger charge is 2.45. The lowest BCUT2D eigenvalue weighted by Crippen LogP contribution is -2.31. The Labute approximate surface area is 222 Å². The molecule has 5 rings (SSSR count). The van der Waals surface area contributed by atoms with Gasteiger partial charge in [-0.3, -0.25) is 14.5 Å². The smallest absolute Gasteiger partial charge is 0.294 e. The van der Waals surface area contributed by atoms with Gasteiger partial charge in [0.1, 0.15) is 5.75 Å². The number of Topliss-reactive ketones (excluding diaryl/α,β-unsaturated/α-hetero) is 1. The van der Waals surface area contributed by atoms with E-state index in [4.69, 9.17) is 37.1 Å². The van der Waals surface area contributed by atoms with Gasteiger partial charge >= 0.3 is 0 Å². The number of aliphatic hydroxyl groups is 1. The molecule has 0 saturated heterocycles. The molecule has 1 aliphatic heterocycles. The van der Waals surface area contributed by atoms with Crippen LogP contribution in [0.15, 0.2) is 76.4 Å². The summed E-state index contributed by atoms with van der Waals surface area (Å²) in [4.78, 5) is 28.6. The van der Waals surface area contributed by atoms with E-state index in [1.807, 2.05) is 25.1 Å². The average molecular weight is 538 g/mol. The lowest BCUT2D eigenvalue weighted by Gasteiger charge is -2.27. The Morgan fingerprint density at radius 3 is 2.43 bits per heavy atom. The van der Waals surface area contributed by atoms with E-state index in [2.05, 4.69) is 0 Å². The van der Waals surface area contributed by atoms with Gasteiger partial charge in [-0.2, -0.15) is 0 Å². The minimum absolute atomic E-state index is 0.0721. The molecule has 37 heavy (non-hydrogen) atoms. The zero-order valence-corrected chi connectivity index (χ0v) is 21.6. The summed E-state index contributed by atoms with van der Waals surface area (Å²) in [6.07, 6.45) is 0. The summed E-state index contributed by atoms with van der Waals surface area (Å²) in [6.45, 7) is 1.90. The Bertz CT molecular complexity index is 1610. The molecule has 3 aromatic carbocycles. The van der Waals surface area contributed by atoms with E-state index in [9.17, 15) is 14.7 Å². The third-order valence-electron chi connectivity index (χ3n) is 6.21. The first-order valence-corrected chi connectivity index (χ1v) is 12.0. The van der Waals surface area contributed by atoms with Crippen LogP contribution in [0.4, 0.5) is 5.69 Å². The number of aryl methyl sites for hydroxylation is 1. The van der Waals surface area contributed by atoms with Gasteiger partial charge in [-0.1, -0.05) is 53.0 Å². The van der Waals surface area contributed by atoms with Crippen molar-refractivity contribution in [2.24, 2.45) is 0 Å². The number of nitrogens with zero attached hydrogens (tertiary/aromatic N) is 1. The van der Waals surface area contributed by atoms with Crippen molar-refractivity contribution >= 4 is 51.5 Å². The summed E-state index contributed by atoms with van der Waals surface area (Å²) < 4.78 is 16.4. The van der Waals surface area contributed by atoms with Gasteiger partial charge in [0.05, 0.1) is 30.9 Å². The van der Waals surface area contributed by atoms with Gasteiger partial charge in [0.2, 0.25) is 5.78 Å². The molecule has 0 saturated carbocycles. The predicted molar refractivity (Wildman–Crippen MR) is 141 cm³/mol. The number of benzene rings is 3. The zero-order chi connectivity index (χ0) is 26.4. The molecule has 0 radical (unpaired) electrons. The monoisotopic (exact) mass is 537 g/mol. The highest BCUT2D eigenvalue weighted by atomic mass is 35.5. The second kappa shape index (κ2) is 9.50. The third kappa shape index (κ3) is 4.20. The fraction of sp³-hybridized carbons (Fsp3) is 0.143. The van der Waals surface area contributed by atoms with Gasteiger partial charge < -0.3 is 19.0 Å². The Balaban J connectivity index is 1.67. The molecule has 0 aliphatic carbocycles. The number of carbonyl (C=O) groups excluding carboxylic acids is 2. The van der Waals surface area contributed by atoms with E-state index in [1.54, 1.807) is 36.4 Å². The Hall–Kier alpha value is -3.94. The van der Waals surface area contributed by atoms with Crippen molar-refractivity contribution in [3.05, 3.63) is 98.9 Å². The molecule has 0 bridgehead atoms. The Kier molecular flexibility index (Phi) is 6.35. The predicted octanol–water partition coefficient (Wildman–Crippen LogP) is 6.85. The molecule has 1 unspecified atom stereocenters. The van der Waals surface area contributed by atoms with Crippen LogP contribution in [0.3, 0.4) is 0 Å². The molecule has 1 aromatic heterocycles. The van der Waals surface area contributed by atoms with E-state index < -0.39 is 23.5 Å². The van der Waals surface area contributed by atoms with E-state index in [0.717, 1.165) is 5.56 Å². The molecule has 4 aromatic rings. The van der Waals surface area contributed by atoms with Crippen LogP contribution < -0.4 is 14.4 Å². The second-order valence-electron chi connectivity index (χ2n) is 8.54. The second-order valence-corrected chi connectivity index (χ2v) is 9.38. The van der Waals surface area contributed by atoms with Crippen LogP contribution in [-0.2, 0) is 4.79 Å². The fourth-order valence-corrected chi connectivity index (χ4v) is 5.02. The zero-order valence-electron chi connectivity index (χ0n) is 20.0. The average Bonchev–Trinajstić information content (AvgIpc) is 3.42. The van der Waals surface area contributed by atoms with E-state index in [1.165, 1.54) is 25.2 Å². The third-order valence-corrected chi connectivity index (χ3v) is 6.73. The molecule has 0 fully saturated rings. The number of fused-ring (bicyclic) bond motifs is 1. The van der Waals surface area contributed by atoms with Crippen LogP contribution in [0.2, 0.25) is 10.0 Å². The number of hydrogen-bond acceptors (Lipinski definition) is 6. The topological polar surface area (TPSA) is 89.2 Å². The summed E-state index contributed by atoms with van der Waals surface area (Å²) >= 11 is 12.5. The van der Waals surface area contributed by atoms with Crippen molar-refractivity contribution in [3.8, 4) is 11.5 Å². The molecule has 1 atom stereocenters. The molecule has 0 spiro atoms. The highest BCUT2D eigenvalue weighted by molar-refractivity contribution is 6.32. The number of anilines is 1. The maximum absolute atomic E-state index is 13.9. The number of aliphatic hydroxyl groups excluding tert-OH is 1. The summed E-state index contributed by atoms with van der Waals surface area (Å²) in [5.74, 6) is -1.35. The standard InChI is InChI=1S/C28H21Cl2NO6/c1-14-5-4-6-15(9-14)24-23(25(32)21-11-16-10-17(29)12-22(36-3)27(16)37-21)26(33)28(34)31(24)18-7-8-20(35-2)19(30)13-18/h4-13,24,33H,1-3H3. The molecule has 1 N–H and O–H groups in total. The number of methoxy groups -OCH3 is 2. The van der Waals surface area contributed by atoms with Crippen molar-refractivity contribution in [1.82, 2.24) is 0 Å². The maximum Gasteiger partial charge on any atom is 0.294 e. The maximum atomic E-state index is 13.9. The van der Waals surface area contributed by atoms with Crippen molar-refractivity contribution in [2.75, 3.05) is 19.1 Å². The highest BCUT2D eigenvalue weighted by Crippen LogP contribution is 2.44. The van der Waals surface area contributed by atoms with Crippen LogP contribution in [0, 0.1) is 6.92 Å². The van der Waals surface area contributed by atoms with Crippen LogP contribution in [0.25, 0.3) is 11.0 Å². The van der Waals surface area contributed by atoms with Crippen LogP contribution in [-0.4, -0.2) is 31.0 Å². The van der Waals surface area contributed by atoms with Crippen LogP contribution in [0.5, 0.6) is 11.5 Å². The summed E-state index contributed by atoms with van der Waals surface area (Å²) in [6, 6.07) is 15.9. The molecular formula is C28H21Cl2NO6. The summed E-state index contributed by atoms with van der Waals surface area (Å²) in [5, 5.41) is 12.3. The first-order chi connectivity index (χ1) is 17.7. The van der Waals surface area contributed by atoms with Gasteiger partial charge in [0.15, 0.2) is 22.9 Å². The van der Waals surface area contributed by atoms with E-state index in [0.29, 0.717) is 38.7 Å². The van der Waals surface area contributed by atoms with Gasteiger partial charge in [-0.15, -0.1) is 0 Å². The number of rotatable bonds is 6. The number of hydrogen-bond donors (Lipinski definition) is 1. The SMILES string of the molecule is COc1ccc(N2C(=O)C(O)=C(C(=O)c3cc4cc(Cl)cc(OC)c4o3)C2c2cccc(C)c2)cc1Cl. The molecular weight excluding hydrogens is 517 g/mol. The minimum Gasteiger partial charge on any atom is -0.503 e. The number of amides is 1. The van der Waals surface area contributed by atoms with Crippen molar-refractivity contribution in [1.29, 1.82) is 0 Å². The number of ether oxygens (including phenoxy) is 2. The van der Waals surface area contributed by atoms with Gasteiger partial charge in [0, 0.05) is 22.2 Å². The first-order valence-electron chi connectivity index (χ1n) is 11.2. The lowest BCUT2D eigenvalue weighted by atomic mass is 9.94. The Morgan fingerprint density at radius 2 is 1.76 bits per heavy atom. The minimum atomic E-state index is -0.942. The van der Waals surface area contributed by atoms with Crippen LogP contribution >= 0.6 is 23.2 Å². The van der Waals surface area contributed by atoms with E-state index in [-0.39, 0.29) is 16.4 Å². The van der Waals surface area contributed by atoms with Crippen molar-refractivity contribution < 1.29 is 28.6 Å². The molecule has 1 aliphatic rings. The number of ketones is 1. The van der Waals surface area contributed by atoms with Gasteiger partial charge in [0.25, 0.3) is 5.91 Å². The molecule has 2 heterocycles. The molecule has 9 heteroatoms. The van der Waals surface area contributed by atoms with Gasteiger partial charge in [-0.25, -0.2) is 0 Å². The first kappa shape index (κ1) is 24.7.